The maximum Gasteiger partial charge on any atom is 0.0642 e. The number of piperazine rings is 1. The third-order valence-corrected chi connectivity index (χ3v) is 4.94. The SMILES string of the molecule is NCCc1cccc(Cl)c1N1CCN2CCCCC2C1. The van der Waals surface area contributed by atoms with Gasteiger partial charge in [-0.15, -0.1) is 0 Å². The fourth-order valence-corrected chi connectivity index (χ4v) is 3.94. The predicted octanol–water partition coefficient (Wildman–Crippen LogP) is 2.52. The molecule has 1 unspecified atom stereocenters. The fraction of sp³-hybridized carbons (Fsp3) is 0.625. The van der Waals surface area contributed by atoms with Gasteiger partial charge in [-0.25, -0.2) is 0 Å². The average molecular weight is 294 g/mol. The summed E-state index contributed by atoms with van der Waals surface area (Å²) in [5.74, 6) is 0. The highest BCUT2D eigenvalue weighted by molar-refractivity contribution is 6.33. The third kappa shape index (κ3) is 2.80. The van der Waals surface area contributed by atoms with Crippen molar-refractivity contribution >= 4 is 17.3 Å². The fourth-order valence-electron chi connectivity index (χ4n) is 3.63. The molecule has 1 aromatic rings. The molecule has 4 heteroatoms. The quantitative estimate of drug-likeness (QED) is 0.929. The molecule has 0 amide bonds. The smallest absolute Gasteiger partial charge is 0.0642 e. The maximum atomic E-state index is 6.48. The van der Waals surface area contributed by atoms with Crippen LogP contribution in [0, 0.1) is 0 Å². The molecule has 0 aromatic heterocycles. The van der Waals surface area contributed by atoms with Gasteiger partial charge in [0.15, 0.2) is 0 Å². The van der Waals surface area contributed by atoms with Crippen LogP contribution < -0.4 is 10.6 Å². The average Bonchev–Trinajstić information content (AvgIpc) is 2.47. The Morgan fingerprint density at radius 3 is 2.95 bits per heavy atom. The van der Waals surface area contributed by atoms with Crippen molar-refractivity contribution in [3.05, 3.63) is 28.8 Å². The van der Waals surface area contributed by atoms with Crippen molar-refractivity contribution in [3.63, 3.8) is 0 Å². The van der Waals surface area contributed by atoms with Gasteiger partial charge in [-0.05, 0) is 44.0 Å². The van der Waals surface area contributed by atoms with Crippen LogP contribution in [0.15, 0.2) is 18.2 Å². The van der Waals surface area contributed by atoms with Crippen LogP contribution in [0.25, 0.3) is 0 Å². The van der Waals surface area contributed by atoms with Gasteiger partial charge < -0.3 is 10.6 Å². The van der Waals surface area contributed by atoms with Gasteiger partial charge in [0.2, 0.25) is 0 Å². The zero-order valence-electron chi connectivity index (χ0n) is 12.0. The highest BCUT2D eigenvalue weighted by Gasteiger charge is 2.30. The normalized spacial score (nSPS) is 23.7. The highest BCUT2D eigenvalue weighted by atomic mass is 35.5. The van der Waals surface area contributed by atoms with E-state index in [0.717, 1.165) is 31.1 Å². The van der Waals surface area contributed by atoms with Crippen LogP contribution in [0.3, 0.4) is 0 Å². The summed E-state index contributed by atoms with van der Waals surface area (Å²) in [6.45, 7) is 5.31. The molecular weight excluding hydrogens is 270 g/mol. The minimum Gasteiger partial charge on any atom is -0.367 e. The lowest BCUT2D eigenvalue weighted by Gasteiger charge is -2.45. The Labute approximate surface area is 126 Å². The minimum absolute atomic E-state index is 0.677. The molecule has 0 spiro atoms. The summed E-state index contributed by atoms with van der Waals surface area (Å²) >= 11 is 6.48. The Morgan fingerprint density at radius 2 is 2.10 bits per heavy atom. The molecule has 1 aromatic carbocycles. The second kappa shape index (κ2) is 6.33. The third-order valence-electron chi connectivity index (χ3n) is 4.64. The van der Waals surface area contributed by atoms with E-state index in [0.29, 0.717) is 12.6 Å². The van der Waals surface area contributed by atoms with E-state index < -0.39 is 0 Å². The molecule has 2 aliphatic heterocycles. The van der Waals surface area contributed by atoms with Crippen molar-refractivity contribution < 1.29 is 0 Å². The first-order valence-corrected chi connectivity index (χ1v) is 8.14. The summed E-state index contributed by atoms with van der Waals surface area (Å²) in [6.07, 6.45) is 4.96. The summed E-state index contributed by atoms with van der Waals surface area (Å²) < 4.78 is 0. The van der Waals surface area contributed by atoms with Gasteiger partial charge in [0.25, 0.3) is 0 Å². The van der Waals surface area contributed by atoms with Crippen molar-refractivity contribution in [1.82, 2.24) is 4.90 Å². The second-order valence-corrected chi connectivity index (χ2v) is 6.33. The van der Waals surface area contributed by atoms with Crippen molar-refractivity contribution in [3.8, 4) is 0 Å². The van der Waals surface area contributed by atoms with Crippen LogP contribution in [0.4, 0.5) is 5.69 Å². The van der Waals surface area contributed by atoms with E-state index in [4.69, 9.17) is 17.3 Å². The molecule has 3 nitrogen and oxygen atoms in total. The Bertz CT molecular complexity index is 463. The molecule has 110 valence electrons. The zero-order valence-corrected chi connectivity index (χ0v) is 12.8. The Morgan fingerprint density at radius 1 is 1.20 bits per heavy atom. The number of para-hydroxylation sites is 1. The Kier molecular flexibility index (Phi) is 4.49. The van der Waals surface area contributed by atoms with Gasteiger partial charge in [-0.3, -0.25) is 4.90 Å². The lowest BCUT2D eigenvalue weighted by Crippen LogP contribution is -2.55. The lowest BCUT2D eigenvalue weighted by atomic mass is 9.98. The van der Waals surface area contributed by atoms with E-state index in [1.54, 1.807) is 0 Å². The number of halogens is 1. The lowest BCUT2D eigenvalue weighted by molar-refractivity contribution is 0.133. The molecule has 1 atom stereocenters. The van der Waals surface area contributed by atoms with Crippen LogP contribution in [-0.2, 0) is 6.42 Å². The first kappa shape index (κ1) is 14.2. The second-order valence-electron chi connectivity index (χ2n) is 5.92. The molecule has 2 heterocycles. The van der Waals surface area contributed by atoms with E-state index in [1.807, 2.05) is 12.1 Å². The summed E-state index contributed by atoms with van der Waals surface area (Å²) in [7, 11) is 0. The van der Waals surface area contributed by atoms with Crippen molar-refractivity contribution in [2.45, 2.75) is 31.7 Å². The molecule has 0 saturated carbocycles. The number of rotatable bonds is 3. The molecule has 0 aliphatic carbocycles. The summed E-state index contributed by atoms with van der Waals surface area (Å²) in [5, 5.41) is 0.875. The van der Waals surface area contributed by atoms with Crippen molar-refractivity contribution in [1.29, 1.82) is 0 Å². The first-order chi connectivity index (χ1) is 9.79. The monoisotopic (exact) mass is 293 g/mol. The summed E-state index contributed by atoms with van der Waals surface area (Å²) in [6, 6.07) is 6.92. The number of anilines is 1. The number of benzene rings is 1. The summed E-state index contributed by atoms with van der Waals surface area (Å²) in [5.41, 5.74) is 8.27. The molecule has 0 bridgehead atoms. The largest absolute Gasteiger partial charge is 0.367 e. The number of piperidine rings is 1. The van der Waals surface area contributed by atoms with Gasteiger partial charge in [-0.1, -0.05) is 30.2 Å². The summed E-state index contributed by atoms with van der Waals surface area (Å²) in [4.78, 5) is 5.14. The van der Waals surface area contributed by atoms with Crippen LogP contribution >= 0.6 is 11.6 Å². The van der Waals surface area contributed by atoms with Gasteiger partial charge in [0.1, 0.15) is 0 Å². The zero-order chi connectivity index (χ0) is 13.9. The molecule has 0 radical (unpaired) electrons. The van der Waals surface area contributed by atoms with E-state index in [-0.39, 0.29) is 0 Å². The van der Waals surface area contributed by atoms with Crippen LogP contribution in [0.1, 0.15) is 24.8 Å². The number of nitrogens with zero attached hydrogens (tertiary/aromatic N) is 2. The highest BCUT2D eigenvalue weighted by Crippen LogP contribution is 2.33. The molecule has 20 heavy (non-hydrogen) atoms. The van der Waals surface area contributed by atoms with E-state index >= 15 is 0 Å². The van der Waals surface area contributed by atoms with E-state index in [2.05, 4.69) is 15.9 Å². The van der Waals surface area contributed by atoms with E-state index in [1.165, 1.54) is 37.1 Å². The number of nitrogens with two attached hydrogens (primary N) is 1. The molecular formula is C16H24ClN3. The molecule has 3 rings (SSSR count). The Hall–Kier alpha value is -0.770. The van der Waals surface area contributed by atoms with E-state index in [9.17, 15) is 0 Å². The predicted molar refractivity (Wildman–Crippen MR) is 85.6 cm³/mol. The number of fused-ring (bicyclic) bond motifs is 1. The number of hydrogen-bond donors (Lipinski definition) is 1. The first-order valence-electron chi connectivity index (χ1n) is 7.76. The molecule has 2 aliphatic rings. The van der Waals surface area contributed by atoms with Crippen LogP contribution in [0.5, 0.6) is 0 Å². The van der Waals surface area contributed by atoms with Crippen LogP contribution in [0.2, 0.25) is 5.02 Å². The van der Waals surface area contributed by atoms with Gasteiger partial charge >= 0.3 is 0 Å². The topological polar surface area (TPSA) is 32.5 Å². The maximum absolute atomic E-state index is 6.48. The standard InChI is InChI=1S/C16H24ClN3/c17-15-6-3-4-13(7-8-18)16(15)20-11-10-19-9-2-1-5-14(19)12-20/h3-4,6,14H,1-2,5,7-12,18H2. The Balaban J connectivity index is 1.82. The van der Waals surface area contributed by atoms with Gasteiger partial charge in [0, 0.05) is 25.7 Å². The molecule has 2 N–H and O–H groups in total. The van der Waals surface area contributed by atoms with Gasteiger partial charge in [0.05, 0.1) is 10.7 Å². The molecule has 2 fully saturated rings. The van der Waals surface area contributed by atoms with Crippen LogP contribution in [-0.4, -0.2) is 43.7 Å². The molecule has 2 saturated heterocycles. The minimum atomic E-state index is 0.677. The number of hydrogen-bond acceptors (Lipinski definition) is 3. The van der Waals surface area contributed by atoms with Crippen molar-refractivity contribution in [2.24, 2.45) is 5.73 Å². The van der Waals surface area contributed by atoms with Crippen molar-refractivity contribution in [2.75, 3.05) is 37.6 Å². The van der Waals surface area contributed by atoms with Gasteiger partial charge in [-0.2, -0.15) is 0 Å².